The van der Waals surface area contributed by atoms with Crippen molar-refractivity contribution in [1.29, 1.82) is 0 Å². The summed E-state index contributed by atoms with van der Waals surface area (Å²) in [6.07, 6.45) is 1.17. The highest BCUT2D eigenvalue weighted by Crippen LogP contribution is 2.18. The summed E-state index contributed by atoms with van der Waals surface area (Å²) in [6.45, 7) is 34.5. The molecule has 0 aliphatic heterocycles. The van der Waals surface area contributed by atoms with Crippen LogP contribution in [0.2, 0.25) is 145 Å². The smallest absolute Gasteiger partial charge is 0.336 e. The van der Waals surface area contributed by atoms with Gasteiger partial charge >= 0.3 is 46.4 Å². The van der Waals surface area contributed by atoms with Crippen molar-refractivity contribution >= 4 is 181 Å². The lowest BCUT2D eigenvalue weighted by Crippen LogP contribution is -2.51. The van der Waals surface area contributed by atoms with Gasteiger partial charge in [0.15, 0.2) is 108 Å². The number of benzene rings is 5. The first-order valence-electron chi connectivity index (χ1n) is 32.0. The standard InChI is InChI=1S/C57H108O11Si17/c1-15-42-70(4)60-81(53-32-22-17-23-33-53)61-77(11)49-51-79(13)66-84(56-38-28-20-29-39-56)68-85(57-40-30-21-31-41-57)67-80(14)52-50-78(12)65-83(55-36-26-19-27-37-55)64-76(10)48-45-73(7)59-72(6)44-47-75(9)63-82(54-34-24-18-25-35-54)62-74(8)46-43-71(5)58-69(3)16-2/h16-41,69-85H,2,15,42-52H2,1,3-14H3. The third-order valence-corrected chi connectivity index (χ3v) is 68.8. The molecular weight excluding hydrogens is 1340 g/mol. The molecule has 11 nitrogen and oxygen atoms in total. The molecule has 0 heterocycles. The molecule has 0 saturated carbocycles. The van der Waals surface area contributed by atoms with Crippen molar-refractivity contribution in [2.75, 3.05) is 0 Å². The van der Waals surface area contributed by atoms with E-state index in [1.54, 1.807) is 0 Å². The molecule has 17 unspecified atom stereocenters. The summed E-state index contributed by atoms with van der Waals surface area (Å²) in [5, 5.41) is 6.15. The zero-order chi connectivity index (χ0) is 61.3. The molecule has 0 amide bonds. The van der Waals surface area contributed by atoms with Gasteiger partial charge in [0.25, 0.3) is 0 Å². The Morgan fingerprint density at radius 2 is 0.424 bits per heavy atom. The van der Waals surface area contributed by atoms with E-state index < -0.39 is 155 Å². The van der Waals surface area contributed by atoms with Crippen LogP contribution in [0.25, 0.3) is 0 Å². The van der Waals surface area contributed by atoms with Crippen LogP contribution < -0.4 is 25.9 Å². The first kappa shape index (κ1) is 74.8. The highest BCUT2D eigenvalue weighted by molar-refractivity contribution is 6.82. The Hall–Kier alpha value is -0.913. The van der Waals surface area contributed by atoms with Crippen molar-refractivity contribution in [3.8, 4) is 0 Å². The van der Waals surface area contributed by atoms with E-state index in [-0.39, 0.29) is 0 Å². The molecule has 5 rings (SSSR count). The van der Waals surface area contributed by atoms with Crippen LogP contribution in [-0.4, -0.2) is 155 Å². The van der Waals surface area contributed by atoms with Gasteiger partial charge in [0.2, 0.25) is 0 Å². The molecule has 5 aromatic carbocycles. The topological polar surface area (TPSA) is 102 Å². The second kappa shape index (κ2) is 43.0. The normalized spacial score (nSPS) is 18.0. The van der Waals surface area contributed by atoms with Crippen LogP contribution >= 0.6 is 0 Å². The van der Waals surface area contributed by atoms with Gasteiger partial charge in [-0.3, -0.25) is 0 Å². The third-order valence-electron chi connectivity index (χ3n) is 15.3. The van der Waals surface area contributed by atoms with Crippen molar-refractivity contribution in [1.82, 2.24) is 0 Å². The first-order valence-corrected chi connectivity index (χ1v) is 68.8. The number of hydrogen-bond acceptors (Lipinski definition) is 11. The largest absolute Gasteiger partial charge is 0.460 e. The van der Waals surface area contributed by atoms with E-state index in [9.17, 15) is 0 Å². The van der Waals surface area contributed by atoms with Gasteiger partial charge in [-0.05, 0) is 171 Å². The van der Waals surface area contributed by atoms with Gasteiger partial charge in [0.05, 0.1) is 0 Å². The molecule has 0 N–H and O–H groups in total. The Balaban J connectivity index is 1.10. The molecule has 5 aromatic rings. The van der Waals surface area contributed by atoms with E-state index in [1.807, 2.05) is 5.70 Å². The Labute approximate surface area is 543 Å². The fourth-order valence-electron chi connectivity index (χ4n) is 10.1. The maximum absolute atomic E-state index is 7.31. The average molecular weight is 1450 g/mol. The van der Waals surface area contributed by atoms with Crippen LogP contribution in [0.15, 0.2) is 164 Å². The van der Waals surface area contributed by atoms with Crippen molar-refractivity contribution in [2.24, 2.45) is 0 Å². The van der Waals surface area contributed by atoms with Gasteiger partial charge < -0.3 is 45.3 Å². The van der Waals surface area contributed by atoms with Crippen LogP contribution in [0.3, 0.4) is 0 Å². The molecule has 0 bridgehead atoms. The number of rotatable bonds is 45. The quantitative estimate of drug-likeness (QED) is 0.0418. The lowest BCUT2D eigenvalue weighted by atomic mass is 10.4. The summed E-state index contributed by atoms with van der Waals surface area (Å²) in [4.78, 5) is 0. The zero-order valence-electron chi connectivity index (χ0n) is 54.0. The Bertz CT molecular complexity index is 2490. The maximum Gasteiger partial charge on any atom is 0.336 e. The van der Waals surface area contributed by atoms with Gasteiger partial charge in [-0.25, -0.2) is 0 Å². The van der Waals surface area contributed by atoms with E-state index >= 15 is 0 Å². The van der Waals surface area contributed by atoms with Crippen molar-refractivity contribution in [2.45, 2.75) is 158 Å². The van der Waals surface area contributed by atoms with Crippen molar-refractivity contribution in [3.63, 3.8) is 0 Å². The summed E-state index contributed by atoms with van der Waals surface area (Å²) >= 11 is 0. The second-order valence-corrected chi connectivity index (χ2v) is 68.4. The molecule has 470 valence electrons. The monoisotopic (exact) mass is 1440 g/mol. The van der Waals surface area contributed by atoms with E-state index in [0.29, 0.717) is 0 Å². The molecule has 0 aliphatic carbocycles. The molecular formula is C57H108O11Si17. The molecule has 0 spiro atoms. The minimum absolute atomic E-state index is 1.05. The van der Waals surface area contributed by atoms with Crippen molar-refractivity contribution in [3.05, 3.63) is 164 Å². The SMILES string of the molecule is C=C[SiH](C)O[SiH](C)CC[SiH](C)O[SiH](O[SiH](C)CC[SiH](C)O[SiH](C)CC[SiH](C)O[SiH](O[SiH](C)CC[SiH](C)O[SiH](O[SiH](O[SiH](C)CC[SiH](C)O[SiH](O[SiH](C)CCC)c1ccccc1)c1ccccc1)c1ccccc1)c1ccccc1)c1ccccc1. The number of hydrogen-bond donors (Lipinski definition) is 0. The molecule has 0 fully saturated rings. The molecule has 85 heavy (non-hydrogen) atoms. The highest BCUT2D eigenvalue weighted by atomic mass is 28.4. The Morgan fingerprint density at radius 3 is 0.624 bits per heavy atom. The van der Waals surface area contributed by atoms with E-state index in [1.165, 1.54) is 50.5 Å². The third kappa shape index (κ3) is 30.8. The van der Waals surface area contributed by atoms with Gasteiger partial charge in [-0.15, -0.1) is 6.58 Å². The highest BCUT2D eigenvalue weighted by Gasteiger charge is 2.32. The van der Waals surface area contributed by atoms with E-state index in [0.717, 1.165) is 48.4 Å². The Kier molecular flexibility index (Phi) is 37.9. The predicted molar refractivity (Wildman–Crippen MR) is 408 cm³/mol. The fourth-order valence-corrected chi connectivity index (χ4v) is 69.8. The van der Waals surface area contributed by atoms with E-state index in [4.69, 9.17) is 45.3 Å². The van der Waals surface area contributed by atoms with Crippen molar-refractivity contribution < 1.29 is 45.3 Å². The second-order valence-electron chi connectivity index (χ2n) is 23.7. The molecule has 0 aliphatic rings. The lowest BCUT2D eigenvalue weighted by molar-refractivity contribution is 0.393. The van der Waals surface area contributed by atoms with Gasteiger partial charge in [-0.1, -0.05) is 171 Å². The minimum Gasteiger partial charge on any atom is -0.460 e. The molecule has 0 radical (unpaired) electrons. The molecule has 28 heteroatoms. The summed E-state index contributed by atoms with van der Waals surface area (Å²) in [5.41, 5.74) is 2.04. The van der Waals surface area contributed by atoms with Crippen LogP contribution in [0, 0.1) is 0 Å². The van der Waals surface area contributed by atoms with E-state index in [2.05, 4.69) is 244 Å². The molecule has 0 aromatic heterocycles. The summed E-state index contributed by atoms with van der Waals surface area (Å²) in [5.74, 6) is 0. The minimum atomic E-state index is -2.33. The molecule has 0 saturated heterocycles. The van der Waals surface area contributed by atoms with Crippen LogP contribution in [-0.2, 0) is 45.3 Å². The summed E-state index contributed by atoms with van der Waals surface area (Å²) in [7, 11) is -27.8. The molecule has 17 atom stereocenters. The van der Waals surface area contributed by atoms with Crippen LogP contribution in [0.5, 0.6) is 0 Å². The lowest BCUT2D eigenvalue weighted by Gasteiger charge is -2.29. The maximum atomic E-state index is 7.31. The van der Waals surface area contributed by atoms with Gasteiger partial charge in [0, 0.05) is 0 Å². The fraction of sp³-hybridized carbons (Fsp3) is 0.439. The Morgan fingerprint density at radius 1 is 0.247 bits per heavy atom. The first-order chi connectivity index (χ1) is 41.0. The summed E-state index contributed by atoms with van der Waals surface area (Å²) in [6, 6.07) is 66.2. The van der Waals surface area contributed by atoms with Crippen LogP contribution in [0.4, 0.5) is 0 Å². The van der Waals surface area contributed by atoms with Crippen LogP contribution in [0.1, 0.15) is 13.3 Å². The summed E-state index contributed by atoms with van der Waals surface area (Å²) < 4.78 is 76.9. The van der Waals surface area contributed by atoms with Gasteiger partial charge in [-0.2, -0.15) is 0 Å². The predicted octanol–water partition coefficient (Wildman–Crippen LogP) is 6.19. The zero-order valence-corrected chi connectivity index (χ0v) is 73.6. The van der Waals surface area contributed by atoms with Gasteiger partial charge in [0.1, 0.15) is 0 Å². The average Bonchev–Trinajstić information content (AvgIpc) is 3.70.